The van der Waals surface area contributed by atoms with E-state index in [1.165, 1.54) is 14.0 Å². The topological polar surface area (TPSA) is 82.1 Å². The van der Waals surface area contributed by atoms with Crippen molar-refractivity contribution in [2.24, 2.45) is 16.7 Å². The van der Waals surface area contributed by atoms with Crippen LogP contribution in [-0.4, -0.2) is 48.6 Å². The zero-order valence-electron chi connectivity index (χ0n) is 18.5. The molecule has 3 rings (SSSR count). The highest BCUT2D eigenvalue weighted by molar-refractivity contribution is 5.70. The van der Waals surface area contributed by atoms with E-state index in [1.54, 1.807) is 0 Å². The van der Waals surface area contributed by atoms with E-state index in [0.717, 1.165) is 44.1 Å². The first-order valence-electron chi connectivity index (χ1n) is 10.7. The Labute approximate surface area is 174 Å². The second kappa shape index (κ2) is 7.69. The number of methoxy groups -OCH3 is 1. The Hall–Kier alpha value is -1.40. The van der Waals surface area contributed by atoms with Crippen molar-refractivity contribution in [3.63, 3.8) is 0 Å². The average molecular weight is 409 g/mol. The molecule has 0 unspecified atom stereocenters. The van der Waals surface area contributed by atoms with Gasteiger partial charge in [-0.2, -0.15) is 0 Å². The number of aliphatic hydroxyl groups excluding tert-OH is 1. The van der Waals surface area contributed by atoms with E-state index in [2.05, 4.69) is 19.9 Å². The van der Waals surface area contributed by atoms with E-state index in [-0.39, 0.29) is 48.3 Å². The molecule has 164 valence electrons. The maximum atomic E-state index is 12.0. The van der Waals surface area contributed by atoms with Gasteiger partial charge in [-0.3, -0.25) is 9.59 Å². The molecule has 0 amide bonds. The third-order valence-electron chi connectivity index (χ3n) is 8.06. The lowest BCUT2D eigenvalue weighted by atomic mass is 9.46. The van der Waals surface area contributed by atoms with E-state index in [1.807, 2.05) is 6.92 Å². The fraction of sp³-hybridized carbons (Fsp3) is 0.826. The SMILES string of the molecule is COC(=O)C[C@@]1(C)CC[C@]2(O1)C(COC(C)=O)=CC[C@@H]1[C@](C)(CO)CCC[C@]12C. The van der Waals surface area contributed by atoms with Crippen LogP contribution in [-0.2, 0) is 23.8 Å². The molecule has 29 heavy (non-hydrogen) atoms. The molecule has 0 radical (unpaired) electrons. The average Bonchev–Trinajstić information content (AvgIpc) is 3.01. The van der Waals surface area contributed by atoms with E-state index in [0.29, 0.717) is 0 Å². The van der Waals surface area contributed by atoms with Gasteiger partial charge in [-0.25, -0.2) is 0 Å². The monoisotopic (exact) mass is 408 g/mol. The van der Waals surface area contributed by atoms with Crippen LogP contribution in [0.3, 0.4) is 0 Å². The molecule has 1 spiro atoms. The number of ether oxygens (including phenoxy) is 3. The molecular weight excluding hydrogens is 372 g/mol. The second-order valence-corrected chi connectivity index (χ2v) is 10.0. The van der Waals surface area contributed by atoms with E-state index >= 15 is 0 Å². The van der Waals surface area contributed by atoms with Gasteiger partial charge in [-0.1, -0.05) is 26.3 Å². The number of rotatable bonds is 5. The van der Waals surface area contributed by atoms with Crippen LogP contribution in [0.2, 0.25) is 0 Å². The fourth-order valence-corrected chi connectivity index (χ4v) is 6.43. The highest BCUT2D eigenvalue weighted by atomic mass is 16.6. The molecule has 5 atom stereocenters. The van der Waals surface area contributed by atoms with Crippen molar-refractivity contribution in [2.75, 3.05) is 20.3 Å². The van der Waals surface area contributed by atoms with Crippen molar-refractivity contribution in [1.82, 2.24) is 0 Å². The molecule has 1 heterocycles. The van der Waals surface area contributed by atoms with Crippen LogP contribution in [0, 0.1) is 16.7 Å². The molecule has 1 saturated carbocycles. The van der Waals surface area contributed by atoms with Gasteiger partial charge >= 0.3 is 11.9 Å². The van der Waals surface area contributed by atoms with Crippen molar-refractivity contribution in [3.05, 3.63) is 11.6 Å². The molecular formula is C23H36O6. The molecule has 2 aliphatic carbocycles. The Morgan fingerprint density at radius 2 is 1.93 bits per heavy atom. The third-order valence-corrected chi connectivity index (χ3v) is 8.06. The molecule has 0 aromatic rings. The zero-order valence-corrected chi connectivity index (χ0v) is 18.5. The van der Waals surface area contributed by atoms with E-state index < -0.39 is 11.2 Å². The quantitative estimate of drug-likeness (QED) is 0.553. The number of hydrogen-bond acceptors (Lipinski definition) is 6. The number of esters is 2. The summed E-state index contributed by atoms with van der Waals surface area (Å²) in [7, 11) is 1.40. The van der Waals surface area contributed by atoms with E-state index in [9.17, 15) is 14.7 Å². The van der Waals surface area contributed by atoms with Gasteiger partial charge in [0, 0.05) is 18.9 Å². The zero-order chi connectivity index (χ0) is 21.5. The minimum absolute atomic E-state index is 0.149. The predicted octanol–water partition coefficient (Wildman–Crippen LogP) is 3.56. The van der Waals surface area contributed by atoms with Crippen molar-refractivity contribution in [2.45, 2.75) is 83.8 Å². The Balaban J connectivity index is 2.03. The molecule has 1 N–H and O–H groups in total. The molecule has 0 aromatic carbocycles. The Kier molecular flexibility index (Phi) is 5.91. The van der Waals surface area contributed by atoms with Crippen molar-refractivity contribution < 1.29 is 28.9 Å². The normalized spacial score (nSPS) is 41.6. The largest absolute Gasteiger partial charge is 0.469 e. The van der Waals surface area contributed by atoms with Gasteiger partial charge in [-0.05, 0) is 55.9 Å². The van der Waals surface area contributed by atoms with Crippen LogP contribution >= 0.6 is 0 Å². The molecule has 0 bridgehead atoms. The summed E-state index contributed by atoms with van der Waals surface area (Å²) in [6, 6.07) is 0. The molecule has 3 aliphatic rings. The lowest BCUT2D eigenvalue weighted by Gasteiger charge is -2.61. The Morgan fingerprint density at radius 1 is 1.21 bits per heavy atom. The van der Waals surface area contributed by atoms with Crippen LogP contribution in [0.1, 0.15) is 72.6 Å². The summed E-state index contributed by atoms with van der Waals surface area (Å²) < 4.78 is 17.2. The molecule has 0 aromatic heterocycles. The van der Waals surface area contributed by atoms with Gasteiger partial charge in [0.25, 0.3) is 0 Å². The summed E-state index contributed by atoms with van der Waals surface area (Å²) in [5, 5.41) is 10.2. The number of aliphatic hydroxyl groups is 1. The smallest absolute Gasteiger partial charge is 0.308 e. The van der Waals surface area contributed by atoms with Crippen LogP contribution in [0.5, 0.6) is 0 Å². The number of carbonyl (C=O) groups is 2. The number of allylic oxidation sites excluding steroid dienone is 1. The predicted molar refractivity (Wildman–Crippen MR) is 108 cm³/mol. The first-order valence-corrected chi connectivity index (χ1v) is 10.7. The molecule has 1 saturated heterocycles. The van der Waals surface area contributed by atoms with Gasteiger partial charge < -0.3 is 19.3 Å². The lowest BCUT2D eigenvalue weighted by Crippen LogP contribution is -2.61. The standard InChI is InChI=1S/C23H36O6/c1-16(25)28-14-17-7-8-18-20(2,15-24)9-6-10-22(18,4)23(17)12-11-21(3,29-23)13-19(26)27-5/h7,18,24H,6,8-15H2,1-5H3/t18-,20+,21-,22-,23+/m1/s1. The number of carbonyl (C=O) groups excluding carboxylic acids is 2. The Bertz CT molecular complexity index is 701. The highest BCUT2D eigenvalue weighted by Crippen LogP contribution is 2.66. The van der Waals surface area contributed by atoms with Crippen molar-refractivity contribution in [3.8, 4) is 0 Å². The molecule has 1 aliphatic heterocycles. The van der Waals surface area contributed by atoms with Gasteiger partial charge in [0.15, 0.2) is 0 Å². The van der Waals surface area contributed by atoms with Crippen LogP contribution in [0.15, 0.2) is 11.6 Å². The van der Waals surface area contributed by atoms with Crippen LogP contribution in [0.4, 0.5) is 0 Å². The number of fused-ring (bicyclic) bond motifs is 2. The highest BCUT2D eigenvalue weighted by Gasteiger charge is 2.66. The van der Waals surface area contributed by atoms with Gasteiger partial charge in [0.05, 0.1) is 24.7 Å². The van der Waals surface area contributed by atoms with Crippen molar-refractivity contribution >= 4 is 11.9 Å². The second-order valence-electron chi connectivity index (χ2n) is 10.0. The summed E-state index contributed by atoms with van der Waals surface area (Å²) in [6.45, 7) is 8.20. The maximum absolute atomic E-state index is 12.0. The van der Waals surface area contributed by atoms with Crippen molar-refractivity contribution in [1.29, 1.82) is 0 Å². The third kappa shape index (κ3) is 3.63. The summed E-state index contributed by atoms with van der Waals surface area (Å²) in [5.74, 6) is -0.334. The maximum Gasteiger partial charge on any atom is 0.308 e. The summed E-state index contributed by atoms with van der Waals surface area (Å²) in [6.07, 6.45) is 7.69. The summed E-state index contributed by atoms with van der Waals surface area (Å²) >= 11 is 0. The minimum atomic E-state index is -0.625. The van der Waals surface area contributed by atoms with E-state index in [4.69, 9.17) is 14.2 Å². The van der Waals surface area contributed by atoms with Crippen LogP contribution < -0.4 is 0 Å². The van der Waals surface area contributed by atoms with Gasteiger partial charge in [-0.15, -0.1) is 0 Å². The van der Waals surface area contributed by atoms with Gasteiger partial charge in [0.1, 0.15) is 6.61 Å². The Morgan fingerprint density at radius 3 is 2.55 bits per heavy atom. The lowest BCUT2D eigenvalue weighted by molar-refractivity contribution is -0.202. The fourth-order valence-electron chi connectivity index (χ4n) is 6.43. The van der Waals surface area contributed by atoms with Gasteiger partial charge in [0.2, 0.25) is 0 Å². The molecule has 6 nitrogen and oxygen atoms in total. The molecule has 2 fully saturated rings. The summed E-state index contributed by atoms with van der Waals surface area (Å²) in [4.78, 5) is 23.6. The summed E-state index contributed by atoms with van der Waals surface area (Å²) in [5.41, 5.74) is -0.609. The first kappa shape index (κ1) is 22.3. The number of hydrogen-bond donors (Lipinski definition) is 1. The van der Waals surface area contributed by atoms with Crippen LogP contribution in [0.25, 0.3) is 0 Å². The first-order chi connectivity index (χ1) is 13.5. The molecule has 6 heteroatoms. The minimum Gasteiger partial charge on any atom is -0.469 e.